The molecule has 1 aliphatic rings. The maximum absolute atomic E-state index is 11.1. The highest BCUT2D eigenvalue weighted by molar-refractivity contribution is 7.10. The van der Waals surface area contributed by atoms with Gasteiger partial charge in [-0.25, -0.2) is 0 Å². The van der Waals surface area contributed by atoms with Gasteiger partial charge >= 0.3 is 5.97 Å². The molecule has 1 fully saturated rings. The molecular weight excluding hydrogens is 172 g/mol. The first-order chi connectivity index (χ1) is 5.83. The highest BCUT2D eigenvalue weighted by Crippen LogP contribution is 2.49. The van der Waals surface area contributed by atoms with Crippen LogP contribution in [-0.2, 0) is 9.53 Å². The molecule has 0 aromatic carbocycles. The summed E-state index contributed by atoms with van der Waals surface area (Å²) in [5.41, 5.74) is 0. The monoisotopic (exact) mass is 182 g/mol. The number of ether oxygens (including phenoxy) is 1. The zero-order valence-electron chi connectivity index (χ0n) is 6.82. The fourth-order valence-corrected chi connectivity index (χ4v) is 2.33. The lowest BCUT2D eigenvalue weighted by Crippen LogP contribution is -2.03. The second-order valence-corrected chi connectivity index (χ2v) is 3.97. The van der Waals surface area contributed by atoms with Gasteiger partial charge in [-0.15, -0.1) is 11.3 Å². The van der Waals surface area contributed by atoms with Crippen LogP contribution in [0, 0.1) is 5.92 Å². The Morgan fingerprint density at radius 3 is 3.17 bits per heavy atom. The van der Waals surface area contributed by atoms with Crippen molar-refractivity contribution in [3.05, 3.63) is 22.4 Å². The standard InChI is InChI=1S/C9H10O2S/c1-11-9(10)7-5-6(7)8-3-2-4-12-8/h2-4,6-7H,5H2,1H3. The van der Waals surface area contributed by atoms with Crippen molar-refractivity contribution >= 4 is 17.3 Å². The first kappa shape index (κ1) is 7.80. The molecule has 1 aromatic rings. The van der Waals surface area contributed by atoms with Gasteiger partial charge in [-0.1, -0.05) is 6.07 Å². The van der Waals surface area contributed by atoms with Crippen molar-refractivity contribution in [2.75, 3.05) is 7.11 Å². The molecule has 0 bridgehead atoms. The summed E-state index contributed by atoms with van der Waals surface area (Å²) in [6.45, 7) is 0. The third-order valence-corrected chi connectivity index (χ3v) is 3.21. The van der Waals surface area contributed by atoms with Crippen LogP contribution < -0.4 is 0 Å². The fourth-order valence-electron chi connectivity index (χ4n) is 1.42. The molecule has 0 amide bonds. The van der Waals surface area contributed by atoms with Crippen molar-refractivity contribution in [3.63, 3.8) is 0 Å². The zero-order chi connectivity index (χ0) is 8.55. The minimum absolute atomic E-state index is 0.0617. The molecule has 2 rings (SSSR count). The number of esters is 1. The quantitative estimate of drug-likeness (QED) is 0.654. The van der Waals surface area contributed by atoms with Crippen molar-refractivity contribution in [2.45, 2.75) is 12.3 Å². The van der Waals surface area contributed by atoms with E-state index in [-0.39, 0.29) is 11.9 Å². The maximum atomic E-state index is 11.1. The Labute approximate surface area is 75.2 Å². The van der Waals surface area contributed by atoms with Crippen LogP contribution >= 0.6 is 11.3 Å². The Hall–Kier alpha value is -0.830. The van der Waals surface area contributed by atoms with Crippen LogP contribution in [0.25, 0.3) is 0 Å². The number of carbonyl (C=O) groups is 1. The van der Waals surface area contributed by atoms with Crippen LogP contribution in [0.15, 0.2) is 17.5 Å². The van der Waals surface area contributed by atoms with Crippen LogP contribution in [0.1, 0.15) is 17.2 Å². The smallest absolute Gasteiger partial charge is 0.309 e. The van der Waals surface area contributed by atoms with Gasteiger partial charge in [0, 0.05) is 10.8 Å². The van der Waals surface area contributed by atoms with E-state index in [1.165, 1.54) is 12.0 Å². The molecule has 1 aliphatic carbocycles. The normalized spacial score (nSPS) is 26.8. The van der Waals surface area contributed by atoms with Crippen molar-refractivity contribution in [2.24, 2.45) is 5.92 Å². The van der Waals surface area contributed by atoms with Gasteiger partial charge in [-0.05, 0) is 17.9 Å². The van der Waals surface area contributed by atoms with Crippen LogP contribution in [0.3, 0.4) is 0 Å². The molecule has 3 heteroatoms. The summed E-state index contributed by atoms with van der Waals surface area (Å²) in [5, 5.41) is 2.04. The lowest BCUT2D eigenvalue weighted by Gasteiger charge is -1.94. The Bertz CT molecular complexity index is 279. The van der Waals surface area contributed by atoms with Gasteiger partial charge < -0.3 is 4.74 Å². The number of thiophene rings is 1. The summed E-state index contributed by atoms with van der Waals surface area (Å²) >= 11 is 1.72. The van der Waals surface area contributed by atoms with E-state index in [1.807, 2.05) is 11.4 Å². The summed E-state index contributed by atoms with van der Waals surface area (Å²) < 4.78 is 4.67. The van der Waals surface area contributed by atoms with Gasteiger partial charge in [0.05, 0.1) is 13.0 Å². The third kappa shape index (κ3) is 1.25. The molecule has 0 aliphatic heterocycles. The molecule has 2 atom stereocenters. The van der Waals surface area contributed by atoms with Crippen LogP contribution in [-0.4, -0.2) is 13.1 Å². The molecule has 64 valence electrons. The molecule has 2 nitrogen and oxygen atoms in total. The lowest BCUT2D eigenvalue weighted by molar-refractivity contribution is -0.142. The molecule has 0 N–H and O–H groups in total. The van der Waals surface area contributed by atoms with Crippen LogP contribution in [0.2, 0.25) is 0 Å². The summed E-state index contributed by atoms with van der Waals surface area (Å²) in [6.07, 6.45) is 0.965. The highest BCUT2D eigenvalue weighted by atomic mass is 32.1. The first-order valence-electron chi connectivity index (χ1n) is 3.94. The molecule has 0 saturated heterocycles. The van der Waals surface area contributed by atoms with Crippen molar-refractivity contribution in [3.8, 4) is 0 Å². The van der Waals surface area contributed by atoms with E-state index in [0.29, 0.717) is 5.92 Å². The van der Waals surface area contributed by atoms with E-state index in [1.54, 1.807) is 11.3 Å². The summed E-state index contributed by atoms with van der Waals surface area (Å²) in [5.74, 6) is 0.513. The zero-order valence-corrected chi connectivity index (χ0v) is 7.64. The molecule has 2 unspecified atom stereocenters. The van der Waals surface area contributed by atoms with Gasteiger partial charge in [0.2, 0.25) is 0 Å². The lowest BCUT2D eigenvalue weighted by atomic mass is 10.3. The van der Waals surface area contributed by atoms with Crippen LogP contribution in [0.4, 0.5) is 0 Å². The largest absolute Gasteiger partial charge is 0.469 e. The van der Waals surface area contributed by atoms with Crippen molar-refractivity contribution < 1.29 is 9.53 Å². The van der Waals surface area contributed by atoms with Gasteiger partial charge in [0.1, 0.15) is 0 Å². The topological polar surface area (TPSA) is 26.3 Å². The Kier molecular flexibility index (Phi) is 1.89. The van der Waals surface area contributed by atoms with Crippen molar-refractivity contribution in [1.29, 1.82) is 0 Å². The van der Waals surface area contributed by atoms with Gasteiger partial charge in [-0.2, -0.15) is 0 Å². The second kappa shape index (κ2) is 2.90. The average Bonchev–Trinajstić information content (AvgIpc) is 2.71. The number of methoxy groups -OCH3 is 1. The van der Waals surface area contributed by atoms with Crippen LogP contribution in [0.5, 0.6) is 0 Å². The molecule has 1 heterocycles. The van der Waals surface area contributed by atoms with Crippen molar-refractivity contribution in [1.82, 2.24) is 0 Å². The minimum Gasteiger partial charge on any atom is -0.469 e. The molecule has 12 heavy (non-hydrogen) atoms. The molecule has 1 aromatic heterocycles. The SMILES string of the molecule is COC(=O)C1CC1c1cccs1. The number of carbonyl (C=O) groups excluding carboxylic acids is 1. The van der Waals surface area contributed by atoms with E-state index >= 15 is 0 Å². The van der Waals surface area contributed by atoms with E-state index in [0.717, 1.165) is 6.42 Å². The molecule has 0 radical (unpaired) electrons. The Morgan fingerprint density at radius 2 is 2.58 bits per heavy atom. The van der Waals surface area contributed by atoms with Gasteiger partial charge in [0.15, 0.2) is 0 Å². The maximum Gasteiger partial charge on any atom is 0.309 e. The highest BCUT2D eigenvalue weighted by Gasteiger charge is 2.45. The number of rotatable bonds is 2. The molecular formula is C9H10O2S. The second-order valence-electron chi connectivity index (χ2n) is 2.99. The Balaban J connectivity index is 2.01. The van der Waals surface area contributed by atoms with Gasteiger partial charge in [-0.3, -0.25) is 4.79 Å². The first-order valence-corrected chi connectivity index (χ1v) is 4.82. The summed E-state index contributed by atoms with van der Waals surface area (Å²) in [6, 6.07) is 4.10. The summed E-state index contributed by atoms with van der Waals surface area (Å²) in [7, 11) is 1.45. The summed E-state index contributed by atoms with van der Waals surface area (Å²) in [4.78, 5) is 12.4. The van der Waals surface area contributed by atoms with Gasteiger partial charge in [0.25, 0.3) is 0 Å². The average molecular weight is 182 g/mol. The minimum atomic E-state index is -0.0617. The third-order valence-electron chi connectivity index (χ3n) is 2.20. The predicted molar refractivity (Wildman–Crippen MR) is 47.2 cm³/mol. The van der Waals surface area contributed by atoms with E-state index in [2.05, 4.69) is 10.8 Å². The van der Waals surface area contributed by atoms with E-state index < -0.39 is 0 Å². The Morgan fingerprint density at radius 1 is 1.75 bits per heavy atom. The molecule has 1 saturated carbocycles. The fraction of sp³-hybridized carbons (Fsp3) is 0.444. The molecule has 0 spiro atoms. The number of hydrogen-bond donors (Lipinski definition) is 0. The predicted octanol–water partition coefficient (Wildman–Crippen LogP) is 2.02. The number of hydrogen-bond acceptors (Lipinski definition) is 3. The van der Waals surface area contributed by atoms with E-state index in [4.69, 9.17) is 0 Å². The van der Waals surface area contributed by atoms with E-state index in [9.17, 15) is 4.79 Å².